The maximum absolute atomic E-state index is 12.8. The van der Waals surface area contributed by atoms with Crippen molar-refractivity contribution in [1.82, 2.24) is 9.62 Å². The van der Waals surface area contributed by atoms with Crippen molar-refractivity contribution in [3.8, 4) is 5.75 Å². The van der Waals surface area contributed by atoms with Crippen LogP contribution < -0.4 is 10.1 Å². The number of sulfonamides is 1. The van der Waals surface area contributed by atoms with E-state index in [2.05, 4.69) is 21.2 Å². The maximum atomic E-state index is 12.8. The molecule has 0 bridgehead atoms. The fourth-order valence-electron chi connectivity index (χ4n) is 2.76. The lowest BCUT2D eigenvalue weighted by Gasteiger charge is -2.31. The molecule has 1 heterocycles. The van der Waals surface area contributed by atoms with Gasteiger partial charge in [0.25, 0.3) is 0 Å². The fourth-order valence-corrected chi connectivity index (χ4v) is 4.99. The van der Waals surface area contributed by atoms with Crippen LogP contribution in [0.5, 0.6) is 5.75 Å². The maximum Gasteiger partial charge on any atom is 0.243 e. The molecule has 8 heteroatoms. The van der Waals surface area contributed by atoms with Crippen molar-refractivity contribution in [2.75, 3.05) is 33.3 Å². The molecule has 0 spiro atoms. The zero-order valence-corrected chi connectivity index (χ0v) is 16.6. The van der Waals surface area contributed by atoms with Gasteiger partial charge in [-0.15, -0.1) is 12.4 Å². The Kier molecular flexibility index (Phi) is 8.30. The molecule has 1 aromatic carbocycles. The molecule has 1 atom stereocenters. The Balaban J connectivity index is 0.00000264. The minimum atomic E-state index is -3.45. The normalized spacial score (nSPS) is 19.2. The SMILES string of the molecule is CCOc1ccc(S(=O)(=O)N2CCCC(CNC)C2)cc1Br.Cl. The van der Waals surface area contributed by atoms with Crippen LogP contribution in [0.2, 0.25) is 0 Å². The first-order valence-electron chi connectivity index (χ1n) is 7.56. The summed E-state index contributed by atoms with van der Waals surface area (Å²) >= 11 is 3.38. The van der Waals surface area contributed by atoms with Crippen molar-refractivity contribution in [2.24, 2.45) is 5.92 Å². The summed E-state index contributed by atoms with van der Waals surface area (Å²) in [6.45, 7) is 4.45. The molecule has 1 aliphatic rings. The molecule has 0 aliphatic carbocycles. The van der Waals surface area contributed by atoms with Crippen LogP contribution in [0.4, 0.5) is 0 Å². The second kappa shape index (κ2) is 9.22. The van der Waals surface area contributed by atoms with Crippen molar-refractivity contribution < 1.29 is 13.2 Å². The minimum Gasteiger partial charge on any atom is -0.493 e. The summed E-state index contributed by atoms with van der Waals surface area (Å²) in [4.78, 5) is 0.313. The molecule has 1 aromatic rings. The summed E-state index contributed by atoms with van der Waals surface area (Å²) in [6, 6.07) is 4.95. The average molecular weight is 428 g/mol. The lowest BCUT2D eigenvalue weighted by Crippen LogP contribution is -2.42. The Hall–Kier alpha value is -0.340. The molecule has 5 nitrogen and oxygen atoms in total. The van der Waals surface area contributed by atoms with E-state index < -0.39 is 10.0 Å². The van der Waals surface area contributed by atoms with E-state index >= 15 is 0 Å². The van der Waals surface area contributed by atoms with Gasteiger partial charge in [0.05, 0.1) is 16.0 Å². The fraction of sp³-hybridized carbons (Fsp3) is 0.600. The highest BCUT2D eigenvalue weighted by molar-refractivity contribution is 9.10. The Labute approximate surface area is 153 Å². The molecule has 132 valence electrons. The van der Waals surface area contributed by atoms with Crippen LogP contribution in [-0.2, 0) is 10.0 Å². The summed E-state index contributed by atoms with van der Waals surface area (Å²) in [7, 11) is -1.55. The molecule has 1 unspecified atom stereocenters. The van der Waals surface area contributed by atoms with Gasteiger partial charge < -0.3 is 10.1 Å². The lowest BCUT2D eigenvalue weighted by atomic mass is 10.00. The van der Waals surface area contributed by atoms with Gasteiger partial charge >= 0.3 is 0 Å². The summed E-state index contributed by atoms with van der Waals surface area (Å²) in [5.41, 5.74) is 0. The molecule has 23 heavy (non-hydrogen) atoms. The van der Waals surface area contributed by atoms with Crippen molar-refractivity contribution in [1.29, 1.82) is 0 Å². The predicted octanol–water partition coefficient (Wildman–Crippen LogP) is 2.89. The molecule has 2 rings (SSSR count). The van der Waals surface area contributed by atoms with Crippen LogP contribution in [0.15, 0.2) is 27.6 Å². The number of hydrogen-bond acceptors (Lipinski definition) is 4. The van der Waals surface area contributed by atoms with Gasteiger partial charge in [-0.25, -0.2) is 8.42 Å². The van der Waals surface area contributed by atoms with Crippen LogP contribution in [0.3, 0.4) is 0 Å². The molecular weight excluding hydrogens is 404 g/mol. The Morgan fingerprint density at radius 1 is 1.43 bits per heavy atom. The molecule has 0 aromatic heterocycles. The number of nitrogens with one attached hydrogen (secondary N) is 1. The highest BCUT2D eigenvalue weighted by atomic mass is 79.9. The molecule has 0 amide bonds. The van der Waals surface area contributed by atoms with Gasteiger partial charge in [0, 0.05) is 13.1 Å². The highest BCUT2D eigenvalue weighted by Crippen LogP contribution is 2.30. The van der Waals surface area contributed by atoms with Gasteiger partial charge in [-0.05, 0) is 73.4 Å². The van der Waals surface area contributed by atoms with Gasteiger partial charge in [0.1, 0.15) is 5.75 Å². The van der Waals surface area contributed by atoms with Gasteiger partial charge in [0.15, 0.2) is 0 Å². The second-order valence-corrected chi connectivity index (χ2v) is 8.25. The number of piperidine rings is 1. The predicted molar refractivity (Wildman–Crippen MR) is 98.0 cm³/mol. The monoisotopic (exact) mass is 426 g/mol. The van der Waals surface area contributed by atoms with Crippen LogP contribution >= 0.6 is 28.3 Å². The molecule has 1 fully saturated rings. The average Bonchev–Trinajstić information content (AvgIpc) is 2.50. The van der Waals surface area contributed by atoms with Gasteiger partial charge in [-0.1, -0.05) is 0 Å². The number of rotatable bonds is 6. The van der Waals surface area contributed by atoms with E-state index in [4.69, 9.17) is 4.74 Å². The summed E-state index contributed by atoms with van der Waals surface area (Å²) in [5.74, 6) is 1.04. The van der Waals surface area contributed by atoms with E-state index in [0.29, 0.717) is 40.7 Å². The largest absolute Gasteiger partial charge is 0.493 e. The summed E-state index contributed by atoms with van der Waals surface area (Å²) < 4.78 is 33.3. The first kappa shape index (κ1) is 20.7. The Bertz CT molecular complexity index is 611. The van der Waals surface area contributed by atoms with Crippen molar-refractivity contribution in [3.63, 3.8) is 0 Å². The molecule has 1 aliphatic heterocycles. The Morgan fingerprint density at radius 2 is 2.17 bits per heavy atom. The van der Waals surface area contributed by atoms with Crippen LogP contribution in [-0.4, -0.2) is 46.0 Å². The van der Waals surface area contributed by atoms with E-state index in [0.717, 1.165) is 19.4 Å². The van der Waals surface area contributed by atoms with Crippen LogP contribution in [0, 0.1) is 5.92 Å². The van der Waals surface area contributed by atoms with E-state index in [9.17, 15) is 8.42 Å². The van der Waals surface area contributed by atoms with E-state index in [1.165, 1.54) is 0 Å². The number of hydrogen-bond donors (Lipinski definition) is 1. The first-order valence-corrected chi connectivity index (χ1v) is 9.79. The van der Waals surface area contributed by atoms with E-state index in [-0.39, 0.29) is 12.4 Å². The molecule has 0 saturated carbocycles. The zero-order valence-electron chi connectivity index (χ0n) is 13.4. The zero-order chi connectivity index (χ0) is 16.2. The van der Waals surface area contributed by atoms with Crippen molar-refractivity contribution in [2.45, 2.75) is 24.7 Å². The smallest absolute Gasteiger partial charge is 0.243 e. The number of halogens is 2. The standard InChI is InChI=1S/C15H23BrN2O3S.ClH/c1-3-21-15-7-6-13(9-14(15)16)22(19,20)18-8-4-5-12(11-18)10-17-2;/h6-7,9,12,17H,3-5,8,10-11H2,1-2H3;1H. The lowest BCUT2D eigenvalue weighted by molar-refractivity contribution is 0.263. The van der Waals surface area contributed by atoms with Gasteiger partial charge in [-0.3, -0.25) is 0 Å². The van der Waals surface area contributed by atoms with Gasteiger partial charge in [-0.2, -0.15) is 4.31 Å². The highest BCUT2D eigenvalue weighted by Gasteiger charge is 2.30. The second-order valence-electron chi connectivity index (χ2n) is 5.45. The van der Waals surface area contributed by atoms with Crippen molar-refractivity contribution >= 4 is 38.4 Å². The third-order valence-corrected chi connectivity index (χ3v) is 6.30. The number of nitrogens with zero attached hydrogens (tertiary/aromatic N) is 1. The molecule has 0 radical (unpaired) electrons. The quantitative estimate of drug-likeness (QED) is 0.758. The molecular formula is C15H24BrClN2O3S. The van der Waals surface area contributed by atoms with E-state index in [1.807, 2.05) is 14.0 Å². The van der Waals surface area contributed by atoms with E-state index in [1.54, 1.807) is 22.5 Å². The topological polar surface area (TPSA) is 58.6 Å². The minimum absolute atomic E-state index is 0. The van der Waals surface area contributed by atoms with Gasteiger partial charge in [0.2, 0.25) is 10.0 Å². The molecule has 1 saturated heterocycles. The Morgan fingerprint density at radius 3 is 2.78 bits per heavy atom. The summed E-state index contributed by atoms with van der Waals surface area (Å²) in [5, 5.41) is 3.13. The summed E-state index contributed by atoms with van der Waals surface area (Å²) in [6.07, 6.45) is 1.98. The van der Waals surface area contributed by atoms with Crippen LogP contribution in [0.25, 0.3) is 0 Å². The third-order valence-electron chi connectivity index (χ3n) is 3.82. The number of benzene rings is 1. The number of ether oxygens (including phenoxy) is 1. The van der Waals surface area contributed by atoms with Crippen LogP contribution in [0.1, 0.15) is 19.8 Å². The third kappa shape index (κ3) is 5.06. The molecule has 1 N–H and O–H groups in total. The van der Waals surface area contributed by atoms with Crippen molar-refractivity contribution in [3.05, 3.63) is 22.7 Å². The first-order chi connectivity index (χ1) is 10.5.